The lowest BCUT2D eigenvalue weighted by atomic mass is 10.0. The van der Waals surface area contributed by atoms with Crippen LogP contribution in [0.15, 0.2) is 18.2 Å². The monoisotopic (exact) mass is 315 g/mol. The van der Waals surface area contributed by atoms with Gasteiger partial charge in [0.2, 0.25) is 0 Å². The Kier molecular flexibility index (Phi) is 9.13. The summed E-state index contributed by atoms with van der Waals surface area (Å²) in [4.78, 5) is 0. The molecule has 0 unspecified atom stereocenters. The molecule has 1 N–H and O–H groups in total. The van der Waals surface area contributed by atoms with Gasteiger partial charge in [0.05, 0.1) is 15.7 Å². The van der Waals surface area contributed by atoms with Gasteiger partial charge in [-0.05, 0) is 25.0 Å². The molecular formula is C17H27Cl2N. The lowest BCUT2D eigenvalue weighted by Gasteiger charge is -2.21. The van der Waals surface area contributed by atoms with E-state index < -0.39 is 0 Å². The highest BCUT2D eigenvalue weighted by atomic mass is 35.5. The zero-order chi connectivity index (χ0) is 14.8. The van der Waals surface area contributed by atoms with Crippen molar-refractivity contribution in [1.29, 1.82) is 0 Å². The molecule has 0 fully saturated rings. The summed E-state index contributed by atoms with van der Waals surface area (Å²) in [5.41, 5.74) is 0.970. The molecule has 0 aliphatic heterocycles. The van der Waals surface area contributed by atoms with Gasteiger partial charge in [0.25, 0.3) is 0 Å². The molecule has 20 heavy (non-hydrogen) atoms. The van der Waals surface area contributed by atoms with Crippen LogP contribution in [0.5, 0.6) is 0 Å². The van der Waals surface area contributed by atoms with Crippen LogP contribution in [0.25, 0.3) is 0 Å². The fourth-order valence-corrected chi connectivity index (χ4v) is 2.76. The zero-order valence-corrected chi connectivity index (χ0v) is 14.2. The van der Waals surface area contributed by atoms with E-state index in [4.69, 9.17) is 23.2 Å². The van der Waals surface area contributed by atoms with E-state index in [-0.39, 0.29) is 0 Å². The molecule has 1 aromatic carbocycles. The highest BCUT2D eigenvalue weighted by Gasteiger charge is 2.11. The van der Waals surface area contributed by atoms with Gasteiger partial charge in [-0.3, -0.25) is 0 Å². The van der Waals surface area contributed by atoms with Gasteiger partial charge in [-0.25, -0.2) is 0 Å². The second-order valence-corrected chi connectivity index (χ2v) is 6.22. The number of unbranched alkanes of at least 4 members (excludes halogenated alkanes) is 4. The molecule has 1 rings (SSSR count). The van der Waals surface area contributed by atoms with E-state index in [1.54, 1.807) is 0 Å². The first kappa shape index (κ1) is 17.7. The van der Waals surface area contributed by atoms with Crippen molar-refractivity contribution in [3.05, 3.63) is 28.2 Å². The van der Waals surface area contributed by atoms with Crippen LogP contribution in [0.2, 0.25) is 10.0 Å². The van der Waals surface area contributed by atoms with Crippen LogP contribution < -0.4 is 5.32 Å². The molecule has 0 bridgehead atoms. The van der Waals surface area contributed by atoms with E-state index in [9.17, 15) is 0 Å². The van der Waals surface area contributed by atoms with Gasteiger partial charge >= 0.3 is 0 Å². The maximum atomic E-state index is 6.27. The summed E-state index contributed by atoms with van der Waals surface area (Å²) < 4.78 is 0. The van der Waals surface area contributed by atoms with Crippen LogP contribution >= 0.6 is 23.2 Å². The van der Waals surface area contributed by atoms with Gasteiger partial charge in [0.15, 0.2) is 0 Å². The first-order valence-electron chi connectivity index (χ1n) is 7.89. The Hall–Kier alpha value is -0.400. The smallest absolute Gasteiger partial charge is 0.0823 e. The van der Waals surface area contributed by atoms with E-state index in [2.05, 4.69) is 19.2 Å². The third kappa shape index (κ3) is 6.37. The van der Waals surface area contributed by atoms with Gasteiger partial charge in [-0.15, -0.1) is 0 Å². The highest BCUT2D eigenvalue weighted by molar-refractivity contribution is 6.43. The summed E-state index contributed by atoms with van der Waals surface area (Å²) >= 11 is 12.3. The Morgan fingerprint density at radius 1 is 0.950 bits per heavy atom. The second-order valence-electron chi connectivity index (χ2n) is 5.43. The minimum absolute atomic E-state index is 0.504. The Morgan fingerprint density at radius 2 is 1.55 bits per heavy atom. The second kappa shape index (κ2) is 10.3. The molecule has 0 radical (unpaired) electrons. The van der Waals surface area contributed by atoms with Gasteiger partial charge in [0.1, 0.15) is 0 Å². The molecule has 0 spiro atoms. The minimum Gasteiger partial charge on any atom is -0.381 e. The fourth-order valence-electron chi connectivity index (χ4n) is 2.41. The zero-order valence-electron chi connectivity index (χ0n) is 12.7. The van der Waals surface area contributed by atoms with E-state index >= 15 is 0 Å². The molecule has 0 saturated carbocycles. The van der Waals surface area contributed by atoms with Crippen molar-refractivity contribution in [3.8, 4) is 0 Å². The third-order valence-corrected chi connectivity index (χ3v) is 4.44. The van der Waals surface area contributed by atoms with E-state index in [0.29, 0.717) is 16.1 Å². The Bertz CT molecular complexity index is 369. The molecule has 0 saturated heterocycles. The molecule has 0 amide bonds. The molecule has 0 aliphatic carbocycles. The number of anilines is 1. The predicted octanol–water partition coefficient (Wildman–Crippen LogP) is 6.93. The van der Waals surface area contributed by atoms with Crippen molar-refractivity contribution in [2.24, 2.45) is 0 Å². The van der Waals surface area contributed by atoms with Crippen LogP contribution in [-0.4, -0.2) is 6.04 Å². The predicted molar refractivity (Wildman–Crippen MR) is 92.2 cm³/mol. The van der Waals surface area contributed by atoms with Crippen molar-refractivity contribution in [2.75, 3.05) is 5.32 Å². The average molecular weight is 316 g/mol. The van der Waals surface area contributed by atoms with Crippen LogP contribution in [0, 0.1) is 0 Å². The third-order valence-electron chi connectivity index (χ3n) is 3.62. The molecule has 3 heteroatoms. The molecule has 1 aromatic rings. The summed E-state index contributed by atoms with van der Waals surface area (Å²) in [6.07, 6.45) is 10.1. The summed E-state index contributed by atoms with van der Waals surface area (Å²) in [5, 5.41) is 4.86. The standard InChI is InChI=1S/C17H27Cl2N/c1-3-5-7-10-14(11-8-6-4-2)20-16-13-9-12-15(18)17(16)19/h9,12-14,20H,3-8,10-11H2,1-2H3. The number of benzene rings is 1. The van der Waals surface area contributed by atoms with Crippen LogP contribution in [0.3, 0.4) is 0 Å². The minimum atomic E-state index is 0.504. The van der Waals surface area contributed by atoms with Crippen LogP contribution in [0.4, 0.5) is 5.69 Å². The van der Waals surface area contributed by atoms with Gasteiger partial charge < -0.3 is 5.32 Å². The van der Waals surface area contributed by atoms with Gasteiger partial charge in [0, 0.05) is 6.04 Å². The lowest BCUT2D eigenvalue weighted by Crippen LogP contribution is -2.19. The largest absolute Gasteiger partial charge is 0.381 e. The number of rotatable bonds is 10. The SMILES string of the molecule is CCCCCC(CCCCC)Nc1cccc(Cl)c1Cl. The van der Waals surface area contributed by atoms with E-state index in [1.165, 1.54) is 51.4 Å². The molecule has 0 aromatic heterocycles. The summed E-state index contributed by atoms with van der Waals surface area (Å²) in [6, 6.07) is 6.30. The Balaban J connectivity index is 2.59. The molecule has 0 atom stereocenters. The van der Waals surface area contributed by atoms with Crippen LogP contribution in [0.1, 0.15) is 65.2 Å². The molecule has 114 valence electrons. The van der Waals surface area contributed by atoms with Crippen molar-refractivity contribution in [1.82, 2.24) is 0 Å². The number of halogens is 2. The topological polar surface area (TPSA) is 12.0 Å². The fraction of sp³-hybridized carbons (Fsp3) is 0.647. The normalized spacial score (nSPS) is 11.1. The quantitative estimate of drug-likeness (QED) is 0.461. The molecule has 0 heterocycles. The van der Waals surface area contributed by atoms with Crippen molar-refractivity contribution in [3.63, 3.8) is 0 Å². The van der Waals surface area contributed by atoms with Gasteiger partial charge in [-0.1, -0.05) is 81.6 Å². The lowest BCUT2D eigenvalue weighted by molar-refractivity contribution is 0.526. The summed E-state index contributed by atoms with van der Waals surface area (Å²) in [7, 11) is 0. The Morgan fingerprint density at radius 3 is 2.10 bits per heavy atom. The first-order valence-corrected chi connectivity index (χ1v) is 8.65. The first-order chi connectivity index (χ1) is 9.69. The van der Waals surface area contributed by atoms with Crippen molar-refractivity contribution < 1.29 is 0 Å². The maximum Gasteiger partial charge on any atom is 0.0823 e. The summed E-state index contributed by atoms with van der Waals surface area (Å²) in [6.45, 7) is 4.49. The molecule has 0 aliphatic rings. The van der Waals surface area contributed by atoms with Crippen molar-refractivity contribution >= 4 is 28.9 Å². The Labute approximate surface area is 134 Å². The van der Waals surface area contributed by atoms with Gasteiger partial charge in [-0.2, -0.15) is 0 Å². The maximum absolute atomic E-state index is 6.27. The van der Waals surface area contributed by atoms with E-state index in [1.807, 2.05) is 18.2 Å². The highest BCUT2D eigenvalue weighted by Crippen LogP contribution is 2.31. The molecule has 1 nitrogen and oxygen atoms in total. The summed E-state index contributed by atoms with van der Waals surface area (Å²) in [5.74, 6) is 0. The molecular weight excluding hydrogens is 289 g/mol. The van der Waals surface area contributed by atoms with Crippen LogP contribution in [-0.2, 0) is 0 Å². The average Bonchev–Trinajstić information content (AvgIpc) is 2.44. The number of hydrogen-bond donors (Lipinski definition) is 1. The number of hydrogen-bond acceptors (Lipinski definition) is 1. The van der Waals surface area contributed by atoms with Crippen molar-refractivity contribution in [2.45, 2.75) is 71.3 Å². The van der Waals surface area contributed by atoms with E-state index in [0.717, 1.165) is 5.69 Å². The number of nitrogens with one attached hydrogen (secondary N) is 1.